The van der Waals surface area contributed by atoms with E-state index in [1.165, 1.54) is 24.8 Å². The molecule has 0 radical (unpaired) electrons. The maximum Gasteiger partial charge on any atom is 0.0947 e. The number of nitrogens with zero attached hydrogens (tertiary/aromatic N) is 1. The lowest BCUT2D eigenvalue weighted by atomic mass is 10.2. The van der Waals surface area contributed by atoms with Crippen molar-refractivity contribution in [2.75, 3.05) is 14.1 Å². The summed E-state index contributed by atoms with van der Waals surface area (Å²) in [6.45, 7) is 0.932. The molecule has 1 heterocycles. The van der Waals surface area contributed by atoms with Crippen molar-refractivity contribution in [2.45, 2.75) is 37.9 Å². The average Bonchev–Trinajstić information content (AvgIpc) is 2.86. The molecule has 84 valence electrons. The predicted octanol–water partition coefficient (Wildman–Crippen LogP) is 1.85. The van der Waals surface area contributed by atoms with Crippen LogP contribution in [-0.2, 0) is 6.54 Å². The maximum absolute atomic E-state index is 5.04. The van der Waals surface area contributed by atoms with E-state index in [1.54, 1.807) is 6.26 Å². The van der Waals surface area contributed by atoms with Gasteiger partial charge in [-0.1, -0.05) is 0 Å². The van der Waals surface area contributed by atoms with Gasteiger partial charge in [0.15, 0.2) is 0 Å². The second-order valence-electron chi connectivity index (χ2n) is 4.64. The zero-order valence-corrected chi connectivity index (χ0v) is 9.57. The minimum Gasteiger partial charge on any atom is -0.472 e. The Labute approximate surface area is 91.4 Å². The van der Waals surface area contributed by atoms with Gasteiger partial charge in [0, 0.05) is 24.2 Å². The molecule has 0 bridgehead atoms. The van der Waals surface area contributed by atoms with Gasteiger partial charge < -0.3 is 14.6 Å². The molecule has 2 rings (SSSR count). The molecule has 1 aromatic rings. The van der Waals surface area contributed by atoms with Crippen LogP contribution >= 0.6 is 0 Å². The number of rotatable bonds is 4. The van der Waals surface area contributed by atoms with Crippen LogP contribution in [0.2, 0.25) is 0 Å². The molecule has 0 amide bonds. The van der Waals surface area contributed by atoms with Crippen molar-refractivity contribution in [3.8, 4) is 0 Å². The summed E-state index contributed by atoms with van der Waals surface area (Å²) in [4.78, 5) is 2.33. The molecule has 1 N–H and O–H groups in total. The van der Waals surface area contributed by atoms with E-state index >= 15 is 0 Å². The smallest absolute Gasteiger partial charge is 0.0947 e. The summed E-state index contributed by atoms with van der Waals surface area (Å²) in [7, 11) is 4.34. The van der Waals surface area contributed by atoms with Crippen LogP contribution in [0.3, 0.4) is 0 Å². The Hall–Kier alpha value is -0.800. The summed E-state index contributed by atoms with van der Waals surface area (Å²) in [5.74, 6) is 0. The van der Waals surface area contributed by atoms with Crippen molar-refractivity contribution in [3.63, 3.8) is 0 Å². The third-order valence-corrected chi connectivity index (χ3v) is 3.31. The molecule has 15 heavy (non-hydrogen) atoms. The quantitative estimate of drug-likeness (QED) is 0.818. The first kappa shape index (κ1) is 10.7. The molecular weight excluding hydrogens is 188 g/mol. The molecule has 0 spiro atoms. The molecule has 1 fully saturated rings. The molecule has 2 atom stereocenters. The highest BCUT2D eigenvalue weighted by Crippen LogP contribution is 2.22. The summed E-state index contributed by atoms with van der Waals surface area (Å²) in [6.07, 6.45) is 7.42. The Morgan fingerprint density at radius 3 is 2.93 bits per heavy atom. The van der Waals surface area contributed by atoms with Crippen LogP contribution in [0.25, 0.3) is 0 Å². The van der Waals surface area contributed by atoms with Gasteiger partial charge in [0.2, 0.25) is 0 Å². The highest BCUT2D eigenvalue weighted by molar-refractivity contribution is 5.05. The second kappa shape index (κ2) is 4.81. The van der Waals surface area contributed by atoms with Gasteiger partial charge in [0.25, 0.3) is 0 Å². The number of hydrogen-bond donors (Lipinski definition) is 1. The molecule has 0 aliphatic heterocycles. The summed E-state index contributed by atoms with van der Waals surface area (Å²) in [6, 6.07) is 3.45. The van der Waals surface area contributed by atoms with Gasteiger partial charge in [-0.2, -0.15) is 0 Å². The Balaban J connectivity index is 1.73. The van der Waals surface area contributed by atoms with Crippen LogP contribution in [0.1, 0.15) is 24.8 Å². The largest absolute Gasteiger partial charge is 0.472 e. The van der Waals surface area contributed by atoms with Crippen LogP contribution in [0.4, 0.5) is 0 Å². The van der Waals surface area contributed by atoms with Crippen molar-refractivity contribution < 1.29 is 4.42 Å². The van der Waals surface area contributed by atoms with Crippen molar-refractivity contribution in [1.29, 1.82) is 0 Å². The summed E-state index contributed by atoms with van der Waals surface area (Å²) >= 11 is 0. The van der Waals surface area contributed by atoms with Gasteiger partial charge in [-0.05, 0) is 39.4 Å². The average molecular weight is 208 g/mol. The summed E-state index contributed by atoms with van der Waals surface area (Å²) in [5, 5.41) is 3.58. The van der Waals surface area contributed by atoms with E-state index in [0.29, 0.717) is 6.04 Å². The van der Waals surface area contributed by atoms with Gasteiger partial charge in [-0.3, -0.25) is 0 Å². The molecule has 0 saturated heterocycles. The van der Waals surface area contributed by atoms with Crippen LogP contribution < -0.4 is 5.32 Å². The van der Waals surface area contributed by atoms with Gasteiger partial charge in [0.1, 0.15) is 0 Å². The fraction of sp³-hybridized carbons (Fsp3) is 0.667. The number of hydrogen-bond acceptors (Lipinski definition) is 3. The standard InChI is InChI=1S/C12H20N2O/c1-14(2)12-4-3-11(7-12)13-8-10-5-6-15-9-10/h5-6,9,11-13H,3-4,7-8H2,1-2H3. The summed E-state index contributed by atoms with van der Waals surface area (Å²) in [5.41, 5.74) is 1.24. The van der Waals surface area contributed by atoms with E-state index in [1.807, 2.05) is 12.3 Å². The summed E-state index contributed by atoms with van der Waals surface area (Å²) < 4.78 is 5.04. The molecule has 1 aliphatic carbocycles. The Morgan fingerprint density at radius 1 is 1.47 bits per heavy atom. The van der Waals surface area contributed by atoms with E-state index in [0.717, 1.165) is 12.6 Å². The van der Waals surface area contributed by atoms with Crippen molar-refractivity contribution in [3.05, 3.63) is 24.2 Å². The first-order valence-corrected chi connectivity index (χ1v) is 5.66. The van der Waals surface area contributed by atoms with Crippen molar-refractivity contribution in [1.82, 2.24) is 10.2 Å². The van der Waals surface area contributed by atoms with E-state index < -0.39 is 0 Å². The Bertz CT molecular complexity index is 282. The normalized spacial score (nSPS) is 26.3. The van der Waals surface area contributed by atoms with Crippen LogP contribution in [0.5, 0.6) is 0 Å². The first-order chi connectivity index (χ1) is 7.25. The molecule has 0 aromatic carbocycles. The van der Waals surface area contributed by atoms with Crippen molar-refractivity contribution >= 4 is 0 Å². The third-order valence-electron chi connectivity index (χ3n) is 3.31. The minimum absolute atomic E-state index is 0.673. The Morgan fingerprint density at radius 2 is 2.33 bits per heavy atom. The van der Waals surface area contributed by atoms with Gasteiger partial charge in [0.05, 0.1) is 12.5 Å². The number of furan rings is 1. The van der Waals surface area contributed by atoms with E-state index in [4.69, 9.17) is 4.42 Å². The van der Waals surface area contributed by atoms with Crippen LogP contribution in [-0.4, -0.2) is 31.1 Å². The highest BCUT2D eigenvalue weighted by Gasteiger charge is 2.25. The van der Waals surface area contributed by atoms with E-state index in [9.17, 15) is 0 Å². The molecule has 1 aliphatic rings. The molecule has 2 unspecified atom stereocenters. The zero-order chi connectivity index (χ0) is 10.7. The lowest BCUT2D eigenvalue weighted by Crippen LogP contribution is -2.30. The predicted molar refractivity (Wildman–Crippen MR) is 60.7 cm³/mol. The zero-order valence-electron chi connectivity index (χ0n) is 9.57. The van der Waals surface area contributed by atoms with Gasteiger partial charge in [-0.25, -0.2) is 0 Å². The topological polar surface area (TPSA) is 28.4 Å². The van der Waals surface area contributed by atoms with E-state index in [2.05, 4.69) is 24.3 Å². The third kappa shape index (κ3) is 2.83. The fourth-order valence-electron chi connectivity index (χ4n) is 2.27. The number of nitrogens with one attached hydrogen (secondary N) is 1. The Kier molecular flexibility index (Phi) is 3.44. The minimum atomic E-state index is 0.673. The fourth-order valence-corrected chi connectivity index (χ4v) is 2.27. The first-order valence-electron chi connectivity index (χ1n) is 5.66. The lowest BCUT2D eigenvalue weighted by molar-refractivity contribution is 0.293. The molecule has 1 aromatic heterocycles. The van der Waals surface area contributed by atoms with Crippen LogP contribution in [0.15, 0.2) is 23.0 Å². The molecule has 1 saturated carbocycles. The molecular formula is C12H20N2O. The SMILES string of the molecule is CN(C)C1CCC(NCc2ccoc2)C1. The van der Waals surface area contributed by atoms with Gasteiger partial charge >= 0.3 is 0 Å². The van der Waals surface area contributed by atoms with Crippen LogP contribution in [0, 0.1) is 0 Å². The molecule has 3 heteroatoms. The van der Waals surface area contributed by atoms with E-state index in [-0.39, 0.29) is 0 Å². The van der Waals surface area contributed by atoms with Crippen molar-refractivity contribution in [2.24, 2.45) is 0 Å². The monoisotopic (exact) mass is 208 g/mol. The highest BCUT2D eigenvalue weighted by atomic mass is 16.3. The lowest BCUT2D eigenvalue weighted by Gasteiger charge is -2.19. The molecule has 3 nitrogen and oxygen atoms in total. The maximum atomic E-state index is 5.04. The second-order valence-corrected chi connectivity index (χ2v) is 4.64. The van der Waals surface area contributed by atoms with Gasteiger partial charge in [-0.15, -0.1) is 0 Å².